The van der Waals surface area contributed by atoms with Crippen LogP contribution in [-0.2, 0) is 0 Å². The highest BCUT2D eigenvalue weighted by atomic mass is 16.5. The molecule has 0 aliphatic carbocycles. The van der Waals surface area contributed by atoms with E-state index in [9.17, 15) is 5.21 Å². The van der Waals surface area contributed by atoms with Crippen LogP contribution in [0.25, 0.3) is 0 Å². The van der Waals surface area contributed by atoms with E-state index in [-0.39, 0.29) is 6.04 Å². The van der Waals surface area contributed by atoms with Gasteiger partial charge < -0.3 is 9.94 Å². The number of ether oxygens (including phenoxy) is 1. The number of nitrogens with zero attached hydrogens (tertiary/aromatic N) is 3. The first-order valence-corrected chi connectivity index (χ1v) is 5.24. The fraction of sp³-hybridized carbons (Fsp3) is 0.182. The monoisotopic (exact) mass is 231 g/mol. The molecule has 0 saturated heterocycles. The van der Waals surface area contributed by atoms with Gasteiger partial charge in [0.15, 0.2) is 0 Å². The Labute approximate surface area is 97.2 Å². The molecule has 1 aliphatic heterocycles. The first-order valence-electron chi connectivity index (χ1n) is 5.24. The molecule has 6 heteroatoms. The Morgan fingerprint density at radius 3 is 3.12 bits per heavy atom. The van der Waals surface area contributed by atoms with Crippen LogP contribution < -0.4 is 9.42 Å². The predicted molar refractivity (Wildman–Crippen MR) is 58.1 cm³/mol. The van der Waals surface area contributed by atoms with Crippen LogP contribution in [0.2, 0.25) is 0 Å². The smallest absolute Gasteiger partial charge is 0.307 e. The molecule has 6 nitrogen and oxygen atoms in total. The van der Waals surface area contributed by atoms with Crippen molar-refractivity contribution in [2.75, 3.05) is 6.61 Å². The van der Waals surface area contributed by atoms with Gasteiger partial charge in [-0.1, -0.05) is 17.3 Å². The zero-order valence-electron chi connectivity index (χ0n) is 8.95. The van der Waals surface area contributed by atoms with Crippen LogP contribution in [0.1, 0.15) is 11.6 Å². The number of aromatic amines is 1. The summed E-state index contributed by atoms with van der Waals surface area (Å²) in [6.07, 6.45) is 3.20. The summed E-state index contributed by atoms with van der Waals surface area (Å²) in [6.45, 7) is 0.406. The molecular weight excluding hydrogens is 220 g/mol. The van der Waals surface area contributed by atoms with E-state index in [0.717, 1.165) is 11.3 Å². The van der Waals surface area contributed by atoms with E-state index in [2.05, 4.69) is 15.2 Å². The summed E-state index contributed by atoms with van der Waals surface area (Å²) in [5.41, 5.74) is 1.37. The fourth-order valence-electron chi connectivity index (χ4n) is 1.97. The molecule has 3 rings (SSSR count). The lowest BCUT2D eigenvalue weighted by molar-refractivity contribution is -0.760. The van der Waals surface area contributed by atoms with Crippen molar-refractivity contribution in [2.24, 2.45) is 5.16 Å². The Bertz CT molecular complexity index is 550. The molecule has 0 spiro atoms. The van der Waals surface area contributed by atoms with Gasteiger partial charge >= 0.3 is 6.33 Å². The number of fused-ring (bicyclic) bond motifs is 1. The molecule has 0 amide bonds. The molecule has 0 fully saturated rings. The molecule has 1 aromatic carbocycles. The Morgan fingerprint density at radius 1 is 1.47 bits per heavy atom. The number of rotatable bonds is 1. The molecule has 2 heterocycles. The minimum absolute atomic E-state index is 0.197. The maximum atomic E-state index is 9.19. The van der Waals surface area contributed by atoms with Crippen LogP contribution in [0.3, 0.4) is 0 Å². The number of hydrogen-bond donors (Lipinski definition) is 2. The number of benzene rings is 1. The maximum absolute atomic E-state index is 9.19. The van der Waals surface area contributed by atoms with Crippen LogP contribution in [0.5, 0.6) is 5.75 Å². The molecule has 1 atom stereocenters. The van der Waals surface area contributed by atoms with Gasteiger partial charge in [0.1, 0.15) is 18.1 Å². The highest BCUT2D eigenvalue weighted by molar-refractivity contribution is 6.05. The largest absolute Gasteiger partial charge is 0.488 e. The van der Waals surface area contributed by atoms with Crippen LogP contribution in [0.15, 0.2) is 42.1 Å². The Kier molecular flexibility index (Phi) is 2.25. The number of para-hydroxylation sites is 1. The lowest BCUT2D eigenvalue weighted by Gasteiger charge is -2.23. The number of H-pyrrole nitrogens is 1. The molecular formula is C11H11N4O2+. The number of nitrogens with one attached hydrogen (secondary N) is 1. The van der Waals surface area contributed by atoms with Gasteiger partial charge in [0.05, 0.1) is 0 Å². The van der Waals surface area contributed by atoms with E-state index in [0.29, 0.717) is 12.3 Å². The maximum Gasteiger partial charge on any atom is 0.307 e. The quantitative estimate of drug-likeness (QED) is 0.426. The van der Waals surface area contributed by atoms with E-state index in [1.165, 1.54) is 0 Å². The Morgan fingerprint density at radius 2 is 2.35 bits per heavy atom. The van der Waals surface area contributed by atoms with Crippen LogP contribution >= 0.6 is 0 Å². The van der Waals surface area contributed by atoms with E-state index in [1.807, 2.05) is 24.3 Å². The zero-order valence-corrected chi connectivity index (χ0v) is 8.95. The lowest BCUT2D eigenvalue weighted by atomic mass is 10.0. The van der Waals surface area contributed by atoms with Crippen molar-refractivity contribution >= 4 is 5.71 Å². The van der Waals surface area contributed by atoms with E-state index in [4.69, 9.17) is 4.74 Å². The number of oxime groups is 1. The van der Waals surface area contributed by atoms with Crippen molar-refractivity contribution in [1.82, 2.24) is 10.1 Å². The van der Waals surface area contributed by atoms with Crippen LogP contribution in [0.4, 0.5) is 0 Å². The van der Waals surface area contributed by atoms with Crippen molar-refractivity contribution in [1.29, 1.82) is 0 Å². The van der Waals surface area contributed by atoms with Gasteiger partial charge in [-0.05, 0) is 17.1 Å². The molecule has 86 valence electrons. The van der Waals surface area contributed by atoms with Gasteiger partial charge in [0.2, 0.25) is 12.4 Å². The van der Waals surface area contributed by atoms with E-state index < -0.39 is 0 Å². The fourth-order valence-corrected chi connectivity index (χ4v) is 1.97. The van der Waals surface area contributed by atoms with Gasteiger partial charge in [0.25, 0.3) is 0 Å². The molecule has 1 aliphatic rings. The van der Waals surface area contributed by atoms with E-state index in [1.54, 1.807) is 17.3 Å². The molecule has 17 heavy (non-hydrogen) atoms. The summed E-state index contributed by atoms with van der Waals surface area (Å²) in [7, 11) is 0. The average Bonchev–Trinajstić information content (AvgIpc) is 2.91. The SMILES string of the molecule is O/N=C1\c2ccccc2OCC1[n+]1cnc[nH]1. The van der Waals surface area contributed by atoms with Gasteiger partial charge in [-0.15, -0.1) is 4.68 Å². The second kappa shape index (κ2) is 3.89. The average molecular weight is 231 g/mol. The van der Waals surface area contributed by atoms with Crippen molar-refractivity contribution in [3.8, 4) is 5.75 Å². The van der Waals surface area contributed by atoms with Crippen molar-refractivity contribution in [2.45, 2.75) is 6.04 Å². The second-order valence-electron chi connectivity index (χ2n) is 3.74. The Hall–Kier alpha value is -2.37. The number of aromatic nitrogens is 3. The highest BCUT2D eigenvalue weighted by Crippen LogP contribution is 2.27. The first kappa shape index (κ1) is 9.83. The highest BCUT2D eigenvalue weighted by Gasteiger charge is 2.32. The topological polar surface area (TPSA) is 74.4 Å². The summed E-state index contributed by atoms with van der Waals surface area (Å²) in [5.74, 6) is 0.733. The summed E-state index contributed by atoms with van der Waals surface area (Å²) < 4.78 is 7.37. The lowest BCUT2D eigenvalue weighted by Crippen LogP contribution is -2.50. The normalized spacial score (nSPS) is 20.9. The molecule has 0 bridgehead atoms. The minimum Gasteiger partial charge on any atom is -0.488 e. The number of hydrogen-bond acceptors (Lipinski definition) is 4. The van der Waals surface area contributed by atoms with Gasteiger partial charge in [0, 0.05) is 5.56 Å². The Balaban J connectivity index is 2.07. The zero-order chi connectivity index (χ0) is 11.7. The van der Waals surface area contributed by atoms with Gasteiger partial charge in [-0.2, -0.15) is 5.10 Å². The summed E-state index contributed by atoms with van der Waals surface area (Å²) >= 11 is 0. The summed E-state index contributed by atoms with van der Waals surface area (Å²) in [6, 6.07) is 7.30. The summed E-state index contributed by atoms with van der Waals surface area (Å²) in [5, 5.41) is 15.5. The van der Waals surface area contributed by atoms with Crippen molar-refractivity contribution in [3.05, 3.63) is 42.5 Å². The van der Waals surface area contributed by atoms with Crippen LogP contribution in [-0.4, -0.2) is 27.6 Å². The third kappa shape index (κ3) is 1.54. The third-order valence-corrected chi connectivity index (χ3v) is 2.79. The second-order valence-corrected chi connectivity index (χ2v) is 3.74. The predicted octanol–water partition coefficient (Wildman–Crippen LogP) is 0.509. The molecule has 0 radical (unpaired) electrons. The van der Waals surface area contributed by atoms with Gasteiger partial charge in [-0.25, -0.2) is 0 Å². The molecule has 2 aromatic rings. The van der Waals surface area contributed by atoms with Crippen molar-refractivity contribution in [3.63, 3.8) is 0 Å². The third-order valence-electron chi connectivity index (χ3n) is 2.79. The standard InChI is InChI=1S/C11H10N4O2/c16-14-11-8-3-1-2-4-10(8)17-5-9(11)15-7-12-6-13-15/h1-4,6-7,9,16H,5H2/p+1/b14-11+. The van der Waals surface area contributed by atoms with Crippen molar-refractivity contribution < 1.29 is 14.6 Å². The summed E-state index contributed by atoms with van der Waals surface area (Å²) in [4.78, 5) is 3.94. The van der Waals surface area contributed by atoms with E-state index >= 15 is 0 Å². The van der Waals surface area contributed by atoms with Gasteiger partial charge in [-0.3, -0.25) is 0 Å². The van der Waals surface area contributed by atoms with Crippen LogP contribution in [0, 0.1) is 0 Å². The molecule has 2 N–H and O–H groups in total. The molecule has 0 saturated carbocycles. The molecule has 1 aromatic heterocycles. The molecule has 1 unspecified atom stereocenters. The minimum atomic E-state index is -0.197. The first-order chi connectivity index (χ1) is 8.40.